The van der Waals surface area contributed by atoms with Crippen molar-refractivity contribution in [2.45, 2.75) is 36.8 Å². The van der Waals surface area contributed by atoms with Crippen LogP contribution < -0.4 is 15.4 Å². The molecule has 37 heavy (non-hydrogen) atoms. The van der Waals surface area contributed by atoms with Crippen LogP contribution in [0, 0.1) is 12.8 Å². The first-order valence-electron chi connectivity index (χ1n) is 12.7. The number of ketones is 1. The number of ether oxygens (including phenoxy) is 1. The zero-order valence-corrected chi connectivity index (χ0v) is 20.7. The number of Topliss-reactive ketones (excluding diaryl/α,β-unsaturated/α-hetero) is 1. The lowest BCUT2D eigenvalue weighted by molar-refractivity contribution is -0.137. The van der Waals surface area contributed by atoms with Crippen LogP contribution in [0.5, 0.6) is 5.75 Å². The zero-order valence-electron chi connectivity index (χ0n) is 20.7. The molecule has 0 aliphatic carbocycles. The number of fused-ring (bicyclic) bond motifs is 7. The maximum absolute atomic E-state index is 14.7. The molecule has 3 aromatic rings. The Morgan fingerprint density at radius 1 is 0.946 bits per heavy atom. The van der Waals surface area contributed by atoms with Crippen molar-refractivity contribution in [2.24, 2.45) is 5.92 Å². The van der Waals surface area contributed by atoms with Gasteiger partial charge in [-0.25, -0.2) is 0 Å². The molecule has 7 nitrogen and oxygen atoms in total. The number of amides is 2. The van der Waals surface area contributed by atoms with E-state index in [1.807, 2.05) is 61.5 Å². The second-order valence-electron chi connectivity index (χ2n) is 10.5. The van der Waals surface area contributed by atoms with E-state index in [-0.39, 0.29) is 23.6 Å². The van der Waals surface area contributed by atoms with Crippen LogP contribution in [0.3, 0.4) is 0 Å². The summed E-state index contributed by atoms with van der Waals surface area (Å²) >= 11 is 0. The number of carbonyl (C=O) groups is 3. The molecule has 2 N–H and O–H groups in total. The molecule has 7 rings (SSSR count). The van der Waals surface area contributed by atoms with Crippen LogP contribution in [-0.2, 0) is 20.5 Å². The second kappa shape index (κ2) is 7.52. The summed E-state index contributed by atoms with van der Waals surface area (Å²) in [6, 6.07) is 20.2. The molecule has 4 aliphatic heterocycles. The largest absolute Gasteiger partial charge is 0.496 e. The Kier molecular flexibility index (Phi) is 4.52. The Morgan fingerprint density at radius 3 is 2.51 bits per heavy atom. The molecular weight excluding hydrogens is 466 g/mol. The van der Waals surface area contributed by atoms with Crippen LogP contribution in [0.25, 0.3) is 0 Å². The second-order valence-corrected chi connectivity index (χ2v) is 10.5. The number of benzene rings is 3. The Morgan fingerprint density at radius 2 is 1.68 bits per heavy atom. The fraction of sp³-hybridized carbons (Fsp3) is 0.300. The summed E-state index contributed by atoms with van der Waals surface area (Å²) in [5.41, 5.74) is 1.44. The standard InChI is InChI=1S/C30H27N3O4/c1-17-13-14-22-20(16-17)30(28(36)32-22)29(19-9-4-5-10-21(19)31-27(29)35)25(23-11-7-15-33(23)30)26(34)18-8-3-6-12-24(18)37-2/h3-6,8-10,12-14,16,23,25H,7,11,15H2,1-2H3,(H,31,35)(H,32,36)/t23-,25-,29+,30+/m0/s1. The van der Waals surface area contributed by atoms with Gasteiger partial charge in [0, 0.05) is 23.0 Å². The third kappa shape index (κ3) is 2.48. The van der Waals surface area contributed by atoms with E-state index in [1.54, 1.807) is 19.2 Å². The van der Waals surface area contributed by atoms with Gasteiger partial charge in [-0.15, -0.1) is 0 Å². The van der Waals surface area contributed by atoms with Gasteiger partial charge >= 0.3 is 0 Å². The fourth-order valence-corrected chi connectivity index (χ4v) is 7.71. The number of carbonyl (C=O) groups excluding carboxylic acids is 3. The number of nitrogens with one attached hydrogen (secondary N) is 2. The lowest BCUT2D eigenvalue weighted by Gasteiger charge is -2.43. The molecule has 0 saturated carbocycles. The van der Waals surface area contributed by atoms with Crippen molar-refractivity contribution < 1.29 is 19.1 Å². The van der Waals surface area contributed by atoms with Crippen molar-refractivity contribution >= 4 is 29.0 Å². The van der Waals surface area contributed by atoms with Crippen LogP contribution in [0.4, 0.5) is 11.4 Å². The Labute approximate surface area is 214 Å². The van der Waals surface area contributed by atoms with Crippen LogP contribution in [0.2, 0.25) is 0 Å². The van der Waals surface area contributed by atoms with Crippen molar-refractivity contribution in [1.82, 2.24) is 4.90 Å². The lowest BCUT2D eigenvalue weighted by atomic mass is 9.57. The minimum atomic E-state index is -1.45. The average Bonchev–Trinajstić information content (AvgIpc) is 3.62. The van der Waals surface area contributed by atoms with Gasteiger partial charge in [-0.2, -0.15) is 0 Å². The van der Waals surface area contributed by atoms with Crippen LogP contribution >= 0.6 is 0 Å². The highest BCUT2D eigenvalue weighted by atomic mass is 16.5. The van der Waals surface area contributed by atoms with Crippen LogP contribution in [0.15, 0.2) is 66.7 Å². The van der Waals surface area contributed by atoms with Gasteiger partial charge in [-0.3, -0.25) is 19.3 Å². The predicted molar refractivity (Wildman–Crippen MR) is 139 cm³/mol. The number of methoxy groups -OCH3 is 1. The minimum absolute atomic E-state index is 0.174. The third-order valence-electron chi connectivity index (χ3n) is 8.91. The number of nitrogens with zero attached hydrogens (tertiary/aromatic N) is 1. The van der Waals surface area contributed by atoms with Gasteiger partial charge in [-0.1, -0.05) is 48.0 Å². The normalized spacial score (nSPS) is 29.2. The van der Waals surface area contributed by atoms with Crippen molar-refractivity contribution in [3.05, 3.63) is 89.0 Å². The van der Waals surface area contributed by atoms with E-state index in [9.17, 15) is 14.4 Å². The molecule has 2 fully saturated rings. The van der Waals surface area contributed by atoms with E-state index < -0.39 is 16.9 Å². The summed E-state index contributed by atoms with van der Waals surface area (Å²) in [4.78, 5) is 45.7. The molecule has 7 heteroatoms. The van der Waals surface area contributed by atoms with Gasteiger partial charge in [0.25, 0.3) is 5.91 Å². The quantitative estimate of drug-likeness (QED) is 0.538. The van der Waals surface area contributed by atoms with Gasteiger partial charge in [0.15, 0.2) is 5.78 Å². The number of para-hydroxylation sites is 2. The molecule has 2 saturated heterocycles. The first-order chi connectivity index (χ1) is 18.0. The predicted octanol–water partition coefficient (Wildman–Crippen LogP) is 4.02. The van der Waals surface area contributed by atoms with Crippen LogP contribution in [0.1, 0.15) is 39.9 Å². The topological polar surface area (TPSA) is 87.7 Å². The molecule has 0 aromatic heterocycles. The highest BCUT2D eigenvalue weighted by Crippen LogP contribution is 2.68. The van der Waals surface area contributed by atoms with Gasteiger partial charge in [0.1, 0.15) is 16.7 Å². The van der Waals surface area contributed by atoms with E-state index >= 15 is 0 Å². The molecule has 0 unspecified atom stereocenters. The number of aryl methyl sites for hydroxylation is 1. The van der Waals surface area contributed by atoms with E-state index in [4.69, 9.17) is 4.74 Å². The molecule has 0 radical (unpaired) electrons. The Hall–Kier alpha value is -3.97. The number of hydrogen-bond donors (Lipinski definition) is 2. The molecule has 3 aromatic carbocycles. The van der Waals surface area contributed by atoms with E-state index in [0.717, 1.165) is 24.0 Å². The lowest BCUT2D eigenvalue weighted by Crippen LogP contribution is -2.62. The number of anilines is 2. The van der Waals surface area contributed by atoms with Crippen LogP contribution in [-0.4, -0.2) is 42.2 Å². The minimum Gasteiger partial charge on any atom is -0.496 e. The van der Waals surface area contributed by atoms with Gasteiger partial charge in [0.05, 0.1) is 18.6 Å². The maximum Gasteiger partial charge on any atom is 0.251 e. The summed E-state index contributed by atoms with van der Waals surface area (Å²) in [6.45, 7) is 2.61. The summed E-state index contributed by atoms with van der Waals surface area (Å²) in [7, 11) is 1.54. The van der Waals surface area contributed by atoms with Gasteiger partial charge < -0.3 is 15.4 Å². The molecule has 4 heterocycles. The molecule has 4 aliphatic rings. The average molecular weight is 494 g/mol. The maximum atomic E-state index is 14.7. The first kappa shape index (κ1) is 22.2. The summed E-state index contributed by atoms with van der Waals surface area (Å²) < 4.78 is 5.58. The summed E-state index contributed by atoms with van der Waals surface area (Å²) in [6.07, 6.45) is 1.56. The molecule has 4 atom stereocenters. The highest BCUT2D eigenvalue weighted by Gasteiger charge is 2.81. The van der Waals surface area contributed by atoms with Gasteiger partial charge in [0.2, 0.25) is 5.91 Å². The molecule has 0 bridgehead atoms. The number of rotatable bonds is 3. The summed E-state index contributed by atoms with van der Waals surface area (Å²) in [5, 5.41) is 6.17. The van der Waals surface area contributed by atoms with Gasteiger partial charge in [-0.05, 0) is 56.1 Å². The molecule has 2 amide bonds. The van der Waals surface area contributed by atoms with Crippen molar-refractivity contribution in [3.8, 4) is 5.75 Å². The Balaban J connectivity index is 1.60. The summed E-state index contributed by atoms with van der Waals surface area (Å²) in [5.74, 6) is -1.05. The van der Waals surface area contributed by atoms with Crippen molar-refractivity contribution in [2.75, 3.05) is 24.3 Å². The fourth-order valence-electron chi connectivity index (χ4n) is 7.71. The first-order valence-corrected chi connectivity index (χ1v) is 12.7. The SMILES string of the molecule is COc1ccccc1C(=O)[C@@H]1[C@@H]2CCCN2[C@]2(C(=O)Nc3ccc(C)cc32)[C@@]12C(=O)Nc1ccccc12. The van der Waals surface area contributed by atoms with E-state index in [2.05, 4.69) is 15.5 Å². The molecular formula is C30H27N3O4. The Bertz CT molecular complexity index is 1520. The molecule has 2 spiro atoms. The van der Waals surface area contributed by atoms with E-state index in [1.165, 1.54) is 0 Å². The van der Waals surface area contributed by atoms with Crippen molar-refractivity contribution in [3.63, 3.8) is 0 Å². The number of hydrogen-bond acceptors (Lipinski definition) is 5. The highest BCUT2D eigenvalue weighted by molar-refractivity contribution is 6.21. The van der Waals surface area contributed by atoms with Crippen molar-refractivity contribution in [1.29, 1.82) is 0 Å². The third-order valence-corrected chi connectivity index (χ3v) is 8.91. The smallest absolute Gasteiger partial charge is 0.251 e. The molecule has 186 valence electrons. The monoisotopic (exact) mass is 493 g/mol. The zero-order chi connectivity index (χ0) is 25.5. The van der Waals surface area contributed by atoms with E-state index in [0.29, 0.717) is 34.8 Å².